The first kappa shape index (κ1) is 21.9. The van der Waals surface area contributed by atoms with Crippen LogP contribution in [-0.2, 0) is 32.6 Å². The number of aliphatic hydroxyl groups is 1. The molecule has 0 saturated heterocycles. The van der Waals surface area contributed by atoms with Gasteiger partial charge in [0.05, 0.1) is 11.5 Å². The van der Waals surface area contributed by atoms with E-state index in [0.717, 1.165) is 21.9 Å². The highest BCUT2D eigenvalue weighted by atomic mass is 32.2. The third-order valence-corrected chi connectivity index (χ3v) is 7.14. The molecule has 8 nitrogen and oxygen atoms in total. The molecule has 3 aromatic carbocycles. The number of aliphatic hydroxyl groups excluding tert-OH is 1. The zero-order valence-electron chi connectivity index (χ0n) is 17.1. The van der Waals surface area contributed by atoms with Crippen molar-refractivity contribution in [2.45, 2.75) is 29.9 Å². The number of rotatable bonds is 6. The summed E-state index contributed by atoms with van der Waals surface area (Å²) in [4.78, 5) is 26.5. The first-order chi connectivity index (χ1) is 15.3. The summed E-state index contributed by atoms with van der Waals surface area (Å²) in [5, 5.41) is 11.4. The molecular weight excluding hydrogens is 430 g/mol. The molecule has 0 saturated carbocycles. The second kappa shape index (κ2) is 8.70. The molecular formula is C23H23N3O5S. The van der Waals surface area contributed by atoms with E-state index < -0.39 is 40.5 Å². The van der Waals surface area contributed by atoms with E-state index >= 15 is 0 Å². The smallest absolute Gasteiger partial charge is 0.244 e. The number of nitrogens with two attached hydrogens (primary N) is 1. The normalized spacial score (nSPS) is 17.0. The summed E-state index contributed by atoms with van der Waals surface area (Å²) < 4.78 is 28.2. The Bertz CT molecular complexity index is 1290. The fraction of sp³-hybridized carbons (Fsp3) is 0.217. The SMILES string of the molecule is NC(=O)C1Cc2ccccc2CN1C(=O)C(CO)NS(=O)(=O)c1ccc2ccccc2c1. The van der Waals surface area contributed by atoms with Gasteiger partial charge in [0.15, 0.2) is 0 Å². The molecule has 166 valence electrons. The van der Waals surface area contributed by atoms with Gasteiger partial charge in [0.25, 0.3) is 0 Å². The van der Waals surface area contributed by atoms with Crippen LogP contribution in [0.1, 0.15) is 11.1 Å². The van der Waals surface area contributed by atoms with E-state index in [1.165, 1.54) is 17.0 Å². The monoisotopic (exact) mass is 453 g/mol. The van der Waals surface area contributed by atoms with E-state index in [1.54, 1.807) is 18.2 Å². The Hall–Kier alpha value is -3.27. The number of sulfonamides is 1. The van der Waals surface area contributed by atoms with Gasteiger partial charge in [0.2, 0.25) is 21.8 Å². The Kier molecular flexibility index (Phi) is 5.96. The van der Waals surface area contributed by atoms with Crippen molar-refractivity contribution in [2.24, 2.45) is 5.73 Å². The molecule has 9 heteroatoms. The van der Waals surface area contributed by atoms with Crippen molar-refractivity contribution in [3.8, 4) is 0 Å². The molecule has 0 aromatic heterocycles. The van der Waals surface area contributed by atoms with Crippen LogP contribution in [-0.4, -0.2) is 48.9 Å². The van der Waals surface area contributed by atoms with Gasteiger partial charge >= 0.3 is 0 Å². The maximum absolute atomic E-state index is 13.2. The van der Waals surface area contributed by atoms with Gasteiger partial charge in [-0.3, -0.25) is 9.59 Å². The van der Waals surface area contributed by atoms with Gasteiger partial charge in [-0.2, -0.15) is 4.72 Å². The van der Waals surface area contributed by atoms with Crippen molar-refractivity contribution in [3.05, 3.63) is 77.9 Å². The molecule has 0 spiro atoms. The van der Waals surface area contributed by atoms with Crippen LogP contribution in [0.25, 0.3) is 10.8 Å². The van der Waals surface area contributed by atoms with Gasteiger partial charge in [-0.05, 0) is 34.0 Å². The maximum Gasteiger partial charge on any atom is 0.244 e. The molecule has 4 rings (SSSR count). The Labute approximate surface area is 185 Å². The summed E-state index contributed by atoms with van der Waals surface area (Å²) in [6.45, 7) is -0.675. The summed E-state index contributed by atoms with van der Waals surface area (Å²) in [6, 6.07) is 16.8. The standard InChI is InChI=1S/C23H23N3O5S/c24-22(28)21-12-17-7-3-4-8-18(17)13-26(21)23(29)20(14-27)25-32(30,31)19-10-9-15-5-1-2-6-16(15)11-19/h1-11,20-21,25,27H,12-14H2,(H2,24,28). The fourth-order valence-corrected chi connectivity index (χ4v) is 5.18. The topological polar surface area (TPSA) is 130 Å². The Morgan fingerprint density at radius 2 is 1.69 bits per heavy atom. The molecule has 2 amide bonds. The Morgan fingerprint density at radius 1 is 1.03 bits per heavy atom. The minimum Gasteiger partial charge on any atom is -0.394 e. The fourth-order valence-electron chi connectivity index (χ4n) is 3.96. The lowest BCUT2D eigenvalue weighted by atomic mass is 9.93. The van der Waals surface area contributed by atoms with E-state index in [1.807, 2.05) is 36.4 Å². The van der Waals surface area contributed by atoms with Gasteiger partial charge in [0.1, 0.15) is 12.1 Å². The summed E-state index contributed by atoms with van der Waals surface area (Å²) in [7, 11) is -4.12. The first-order valence-electron chi connectivity index (χ1n) is 10.1. The van der Waals surface area contributed by atoms with Crippen LogP contribution in [0.3, 0.4) is 0 Å². The predicted molar refractivity (Wildman–Crippen MR) is 119 cm³/mol. The minimum atomic E-state index is -4.12. The van der Waals surface area contributed by atoms with Crippen LogP contribution in [0, 0.1) is 0 Å². The number of carbonyl (C=O) groups excluding carboxylic acids is 2. The quantitative estimate of drug-likeness (QED) is 0.511. The number of hydrogen-bond acceptors (Lipinski definition) is 5. The van der Waals surface area contributed by atoms with Crippen molar-refractivity contribution in [1.29, 1.82) is 0 Å². The summed E-state index contributed by atoms with van der Waals surface area (Å²) in [5.74, 6) is -1.41. The van der Waals surface area contributed by atoms with E-state index in [2.05, 4.69) is 4.72 Å². The lowest BCUT2D eigenvalue weighted by molar-refractivity contribution is -0.142. The third-order valence-electron chi connectivity index (χ3n) is 5.67. The van der Waals surface area contributed by atoms with Crippen molar-refractivity contribution < 1.29 is 23.1 Å². The summed E-state index contributed by atoms with van der Waals surface area (Å²) in [6.07, 6.45) is 0.229. The molecule has 0 fully saturated rings. The van der Waals surface area contributed by atoms with Crippen LogP contribution >= 0.6 is 0 Å². The minimum absolute atomic E-state index is 0.0297. The van der Waals surface area contributed by atoms with E-state index in [9.17, 15) is 23.1 Å². The number of carbonyl (C=O) groups is 2. The highest BCUT2D eigenvalue weighted by Gasteiger charge is 2.37. The summed E-state index contributed by atoms with van der Waals surface area (Å²) in [5.41, 5.74) is 7.27. The van der Waals surface area contributed by atoms with Gasteiger partial charge in [0, 0.05) is 13.0 Å². The van der Waals surface area contributed by atoms with Crippen LogP contribution < -0.4 is 10.5 Å². The van der Waals surface area contributed by atoms with E-state index in [4.69, 9.17) is 5.73 Å². The highest BCUT2D eigenvalue weighted by molar-refractivity contribution is 7.89. The van der Waals surface area contributed by atoms with Crippen LogP contribution in [0.5, 0.6) is 0 Å². The number of benzene rings is 3. The molecule has 0 bridgehead atoms. The van der Waals surface area contributed by atoms with E-state index in [-0.39, 0.29) is 17.9 Å². The van der Waals surface area contributed by atoms with Crippen LogP contribution in [0.2, 0.25) is 0 Å². The van der Waals surface area contributed by atoms with Crippen molar-refractivity contribution in [3.63, 3.8) is 0 Å². The second-order valence-corrected chi connectivity index (χ2v) is 9.44. The number of amides is 2. The molecule has 4 N–H and O–H groups in total. The number of nitrogens with one attached hydrogen (secondary N) is 1. The molecule has 2 unspecified atom stereocenters. The number of nitrogens with zero attached hydrogens (tertiary/aromatic N) is 1. The first-order valence-corrected chi connectivity index (χ1v) is 11.6. The largest absolute Gasteiger partial charge is 0.394 e. The van der Waals surface area contributed by atoms with Gasteiger partial charge in [-0.1, -0.05) is 54.6 Å². The van der Waals surface area contributed by atoms with E-state index in [0.29, 0.717) is 0 Å². The van der Waals surface area contributed by atoms with Crippen LogP contribution in [0.4, 0.5) is 0 Å². The maximum atomic E-state index is 13.2. The molecule has 0 aliphatic carbocycles. The van der Waals surface area contributed by atoms with Crippen molar-refractivity contribution >= 4 is 32.6 Å². The molecule has 0 radical (unpaired) electrons. The molecule has 32 heavy (non-hydrogen) atoms. The van der Waals surface area contributed by atoms with Gasteiger partial charge in [-0.15, -0.1) is 0 Å². The zero-order chi connectivity index (χ0) is 22.9. The highest BCUT2D eigenvalue weighted by Crippen LogP contribution is 2.25. The average Bonchev–Trinajstić information content (AvgIpc) is 2.80. The molecule has 1 aliphatic heterocycles. The molecule has 1 heterocycles. The third kappa shape index (κ3) is 4.22. The molecule has 2 atom stereocenters. The summed E-state index contributed by atoms with van der Waals surface area (Å²) >= 11 is 0. The van der Waals surface area contributed by atoms with Crippen molar-refractivity contribution in [2.75, 3.05) is 6.61 Å². The van der Waals surface area contributed by atoms with Crippen molar-refractivity contribution in [1.82, 2.24) is 9.62 Å². The zero-order valence-corrected chi connectivity index (χ0v) is 18.0. The van der Waals surface area contributed by atoms with Crippen LogP contribution in [0.15, 0.2) is 71.6 Å². The second-order valence-electron chi connectivity index (χ2n) is 7.72. The Balaban J connectivity index is 1.60. The lowest BCUT2D eigenvalue weighted by Crippen LogP contribution is -2.57. The average molecular weight is 454 g/mol. The molecule has 3 aromatic rings. The predicted octanol–water partition coefficient (Wildman–Crippen LogP) is 0.918. The number of fused-ring (bicyclic) bond motifs is 2. The Morgan fingerprint density at radius 3 is 2.38 bits per heavy atom. The number of hydrogen-bond donors (Lipinski definition) is 3. The lowest BCUT2D eigenvalue weighted by Gasteiger charge is -2.37. The molecule has 1 aliphatic rings. The van der Waals surface area contributed by atoms with Gasteiger partial charge < -0.3 is 15.7 Å². The van der Waals surface area contributed by atoms with Gasteiger partial charge in [-0.25, -0.2) is 8.42 Å². The number of primary amides is 1.